The molecule has 0 radical (unpaired) electrons. The van der Waals surface area contributed by atoms with Crippen molar-refractivity contribution in [2.24, 2.45) is 0 Å². The predicted molar refractivity (Wildman–Crippen MR) is 273 cm³/mol. The minimum absolute atomic E-state index is 0.0301. The molecule has 0 saturated carbocycles. The van der Waals surface area contributed by atoms with Gasteiger partial charge in [0.2, 0.25) is 5.91 Å². The number of ether oxygens (including phenoxy) is 1. The fourth-order valence-electron chi connectivity index (χ4n) is 8.37. The molecule has 0 aromatic rings. The number of aliphatic hydroxyl groups excluding tert-OH is 2. The van der Waals surface area contributed by atoms with Gasteiger partial charge in [-0.15, -0.1) is 0 Å². The van der Waals surface area contributed by atoms with Crippen molar-refractivity contribution in [1.82, 2.24) is 5.32 Å². The van der Waals surface area contributed by atoms with Crippen LogP contribution in [0.5, 0.6) is 0 Å². The van der Waals surface area contributed by atoms with Crippen LogP contribution >= 0.6 is 0 Å². The summed E-state index contributed by atoms with van der Waals surface area (Å²) in [6.07, 6.45) is 64.1. The summed E-state index contributed by atoms with van der Waals surface area (Å²) in [5.74, 6) is -0.0908. The average Bonchev–Trinajstić information content (AvgIpc) is 3.28. The van der Waals surface area contributed by atoms with Crippen molar-refractivity contribution in [1.29, 1.82) is 0 Å². The van der Waals surface area contributed by atoms with E-state index in [1.807, 2.05) is 0 Å². The Labute approximate surface area is 392 Å². The molecule has 0 aliphatic rings. The van der Waals surface area contributed by atoms with Crippen LogP contribution in [0.25, 0.3) is 0 Å². The van der Waals surface area contributed by atoms with Crippen LogP contribution in [0, 0.1) is 0 Å². The van der Waals surface area contributed by atoms with E-state index in [-0.39, 0.29) is 18.5 Å². The normalized spacial score (nSPS) is 12.9. The minimum atomic E-state index is -0.681. The van der Waals surface area contributed by atoms with Crippen LogP contribution in [0.3, 0.4) is 0 Å². The molecule has 0 rings (SSSR count). The number of allylic oxidation sites excluding steroid dienone is 6. The Hall–Kier alpha value is -1.92. The van der Waals surface area contributed by atoms with Gasteiger partial charge in [0.05, 0.1) is 25.4 Å². The van der Waals surface area contributed by atoms with Gasteiger partial charge in [0, 0.05) is 12.8 Å². The monoisotopic (exact) mass is 886 g/mol. The molecule has 0 aromatic carbocycles. The van der Waals surface area contributed by atoms with Crippen LogP contribution in [-0.4, -0.2) is 47.4 Å². The number of unbranched alkanes of at least 4 members (excludes halogenated alkanes) is 34. The van der Waals surface area contributed by atoms with E-state index in [1.165, 1.54) is 173 Å². The van der Waals surface area contributed by atoms with E-state index in [9.17, 15) is 19.8 Å². The number of carbonyl (C=O) groups excluding carboxylic acids is 2. The van der Waals surface area contributed by atoms with Gasteiger partial charge < -0.3 is 20.3 Å². The Morgan fingerprint density at radius 3 is 1.24 bits per heavy atom. The smallest absolute Gasteiger partial charge is 0.305 e. The first-order valence-corrected chi connectivity index (χ1v) is 27.7. The first kappa shape index (κ1) is 61.1. The van der Waals surface area contributed by atoms with Crippen LogP contribution in [0.4, 0.5) is 0 Å². The van der Waals surface area contributed by atoms with Gasteiger partial charge in [-0.3, -0.25) is 9.59 Å². The molecular weight excluding hydrogens is 779 g/mol. The highest BCUT2D eigenvalue weighted by molar-refractivity contribution is 5.76. The van der Waals surface area contributed by atoms with Gasteiger partial charge in [-0.25, -0.2) is 0 Å². The number of carbonyl (C=O) groups is 2. The predicted octanol–water partition coefficient (Wildman–Crippen LogP) is 16.9. The number of aliphatic hydroxyl groups is 2. The first-order chi connectivity index (χ1) is 31.0. The molecule has 0 bridgehead atoms. The molecule has 6 heteroatoms. The second-order valence-electron chi connectivity index (χ2n) is 18.9. The lowest BCUT2D eigenvalue weighted by Crippen LogP contribution is -2.45. The van der Waals surface area contributed by atoms with E-state index in [0.29, 0.717) is 25.9 Å². The zero-order chi connectivity index (χ0) is 45.8. The van der Waals surface area contributed by atoms with E-state index in [4.69, 9.17) is 4.74 Å². The number of amides is 1. The largest absolute Gasteiger partial charge is 0.466 e. The average molecular weight is 886 g/mol. The lowest BCUT2D eigenvalue weighted by atomic mass is 10.0. The van der Waals surface area contributed by atoms with E-state index in [0.717, 1.165) is 83.5 Å². The summed E-state index contributed by atoms with van der Waals surface area (Å²) in [6.45, 7) is 4.88. The van der Waals surface area contributed by atoms with Gasteiger partial charge >= 0.3 is 5.97 Å². The van der Waals surface area contributed by atoms with Crippen LogP contribution in [0.2, 0.25) is 0 Å². The quantitative estimate of drug-likeness (QED) is 0.0321. The summed E-state index contributed by atoms with van der Waals surface area (Å²) in [7, 11) is 0. The first-order valence-electron chi connectivity index (χ1n) is 27.7. The third-order valence-electron chi connectivity index (χ3n) is 12.7. The fraction of sp³-hybridized carbons (Fsp3) is 0.860. The van der Waals surface area contributed by atoms with Crippen LogP contribution in [0.15, 0.2) is 36.5 Å². The van der Waals surface area contributed by atoms with Gasteiger partial charge in [0.15, 0.2) is 0 Å². The topological polar surface area (TPSA) is 95.9 Å². The standard InChI is InChI=1S/C57H107NO5/c1-3-5-7-9-11-13-15-17-19-21-22-24-26-31-35-39-43-47-51-57(62)63-52-48-44-40-36-32-28-27-30-34-38-42-46-50-56(61)58-54(53-59)55(60)49-45-41-37-33-29-25-23-20-18-16-14-12-10-8-6-4-2/h13,15,19,21,28,32,54-55,59-60H,3-12,14,16-18,20,22-27,29-31,33-53H2,1-2H3,(H,58,61)/b15-13-,21-19-,32-28-. The number of rotatable bonds is 51. The minimum Gasteiger partial charge on any atom is -0.466 e. The van der Waals surface area contributed by atoms with Gasteiger partial charge in [0.25, 0.3) is 0 Å². The molecule has 1 amide bonds. The van der Waals surface area contributed by atoms with Gasteiger partial charge in [-0.1, -0.05) is 224 Å². The summed E-state index contributed by atoms with van der Waals surface area (Å²) in [5.41, 5.74) is 0. The number of hydrogen-bond acceptors (Lipinski definition) is 5. The third-order valence-corrected chi connectivity index (χ3v) is 12.7. The molecule has 2 unspecified atom stereocenters. The Balaban J connectivity index is 3.50. The molecule has 0 spiro atoms. The number of hydrogen-bond donors (Lipinski definition) is 3. The Morgan fingerprint density at radius 2 is 0.794 bits per heavy atom. The molecule has 2 atom stereocenters. The van der Waals surface area contributed by atoms with Crippen molar-refractivity contribution < 1.29 is 24.5 Å². The van der Waals surface area contributed by atoms with Crippen molar-refractivity contribution in [3.05, 3.63) is 36.5 Å². The summed E-state index contributed by atoms with van der Waals surface area (Å²) in [5, 5.41) is 23.2. The molecule has 3 N–H and O–H groups in total. The molecular formula is C57H107NO5. The molecule has 0 heterocycles. The molecule has 370 valence electrons. The maximum atomic E-state index is 12.5. The summed E-state index contributed by atoms with van der Waals surface area (Å²) in [6, 6.07) is -0.561. The summed E-state index contributed by atoms with van der Waals surface area (Å²) < 4.78 is 5.45. The van der Waals surface area contributed by atoms with E-state index in [1.54, 1.807) is 0 Å². The molecule has 0 aromatic heterocycles. The van der Waals surface area contributed by atoms with Crippen molar-refractivity contribution in [2.45, 2.75) is 302 Å². The molecule has 0 aliphatic heterocycles. The Morgan fingerprint density at radius 1 is 0.444 bits per heavy atom. The molecule has 63 heavy (non-hydrogen) atoms. The molecule has 0 fully saturated rings. The zero-order valence-electron chi connectivity index (χ0n) is 42.1. The highest BCUT2D eigenvalue weighted by Crippen LogP contribution is 2.16. The van der Waals surface area contributed by atoms with Crippen LogP contribution in [0.1, 0.15) is 290 Å². The van der Waals surface area contributed by atoms with Crippen molar-refractivity contribution in [2.75, 3.05) is 13.2 Å². The zero-order valence-corrected chi connectivity index (χ0v) is 42.1. The Kier molecular flexibility index (Phi) is 51.1. The number of nitrogens with one attached hydrogen (secondary N) is 1. The fourth-order valence-corrected chi connectivity index (χ4v) is 8.37. The van der Waals surface area contributed by atoms with Gasteiger partial charge in [-0.2, -0.15) is 0 Å². The van der Waals surface area contributed by atoms with E-state index in [2.05, 4.69) is 55.6 Å². The van der Waals surface area contributed by atoms with Crippen molar-refractivity contribution in [3.63, 3.8) is 0 Å². The highest BCUT2D eigenvalue weighted by Gasteiger charge is 2.20. The molecule has 6 nitrogen and oxygen atoms in total. The second-order valence-corrected chi connectivity index (χ2v) is 18.9. The maximum absolute atomic E-state index is 12.5. The SMILES string of the molecule is CCCCCC/C=C\C/C=C\CCCCCCCCCC(=O)OCCCCC/C=C\CCCCCCCC(=O)NC(CO)C(O)CCCCCCCCCCCCCCCCCC. The summed E-state index contributed by atoms with van der Waals surface area (Å²) in [4.78, 5) is 24.5. The Bertz CT molecular complexity index is 1020. The highest BCUT2D eigenvalue weighted by atomic mass is 16.5. The van der Waals surface area contributed by atoms with E-state index >= 15 is 0 Å². The van der Waals surface area contributed by atoms with Gasteiger partial charge in [-0.05, 0) is 89.9 Å². The van der Waals surface area contributed by atoms with Crippen LogP contribution in [-0.2, 0) is 14.3 Å². The third kappa shape index (κ3) is 49.4. The van der Waals surface area contributed by atoms with Crippen molar-refractivity contribution in [3.8, 4) is 0 Å². The molecule has 0 aliphatic carbocycles. The molecule has 0 saturated heterocycles. The van der Waals surface area contributed by atoms with Gasteiger partial charge in [0.1, 0.15) is 0 Å². The maximum Gasteiger partial charge on any atom is 0.305 e. The van der Waals surface area contributed by atoms with E-state index < -0.39 is 12.1 Å². The van der Waals surface area contributed by atoms with Crippen molar-refractivity contribution >= 4 is 11.9 Å². The summed E-state index contributed by atoms with van der Waals surface area (Å²) >= 11 is 0. The number of esters is 1. The second kappa shape index (κ2) is 52.7. The van der Waals surface area contributed by atoms with Crippen LogP contribution < -0.4 is 5.32 Å². The lowest BCUT2D eigenvalue weighted by Gasteiger charge is -2.22. The lowest BCUT2D eigenvalue weighted by molar-refractivity contribution is -0.143.